The maximum Gasteiger partial charge on any atom is 0.334 e. The number of hydrogen-bond acceptors (Lipinski definition) is 7. The summed E-state index contributed by atoms with van der Waals surface area (Å²) in [6, 6.07) is 20.7. The summed E-state index contributed by atoms with van der Waals surface area (Å²) in [5, 5.41) is 0. The number of fused-ring (bicyclic) bond motifs is 1. The Morgan fingerprint density at radius 3 is 1.85 bits per heavy atom. The van der Waals surface area contributed by atoms with Gasteiger partial charge in [0.1, 0.15) is 6.61 Å². The van der Waals surface area contributed by atoms with Crippen molar-refractivity contribution in [3.8, 4) is 0 Å². The molecule has 3 aliphatic rings. The fourth-order valence-electron chi connectivity index (χ4n) is 4.86. The molecule has 0 radical (unpaired) electrons. The highest BCUT2D eigenvalue weighted by molar-refractivity contribution is 7.99. The number of hydrogen-bond donors (Lipinski definition) is 0. The predicted molar refractivity (Wildman–Crippen MR) is 129 cm³/mol. The molecule has 33 heavy (non-hydrogen) atoms. The average Bonchev–Trinajstić information content (AvgIpc) is 2.86. The van der Waals surface area contributed by atoms with Crippen LogP contribution in [0.5, 0.6) is 0 Å². The van der Waals surface area contributed by atoms with Crippen LogP contribution < -0.4 is 0 Å². The molecule has 5 rings (SSSR count). The second-order valence-electron chi connectivity index (χ2n) is 8.78. The van der Waals surface area contributed by atoms with Gasteiger partial charge >= 0.3 is 5.97 Å². The van der Waals surface area contributed by atoms with Gasteiger partial charge in [-0.2, -0.15) is 0 Å². The van der Waals surface area contributed by atoms with Crippen LogP contribution in [0.15, 0.2) is 70.5 Å². The van der Waals surface area contributed by atoms with Gasteiger partial charge in [-0.15, -0.1) is 23.5 Å². The lowest BCUT2D eigenvalue weighted by atomic mass is 9.87. The van der Waals surface area contributed by atoms with Crippen LogP contribution in [0, 0.1) is 0 Å². The zero-order valence-corrected chi connectivity index (χ0v) is 20.3. The molecule has 176 valence electrons. The van der Waals surface area contributed by atoms with Crippen molar-refractivity contribution in [2.75, 3.05) is 18.1 Å². The third-order valence-electron chi connectivity index (χ3n) is 6.42. The van der Waals surface area contributed by atoms with E-state index in [1.807, 2.05) is 36.4 Å². The second-order valence-corrected chi connectivity index (χ2v) is 11.0. The monoisotopic (exact) mass is 486 g/mol. The number of esters is 1. The molecule has 0 bridgehead atoms. The molecule has 3 fully saturated rings. The Labute approximate surface area is 203 Å². The van der Waals surface area contributed by atoms with Gasteiger partial charge in [-0.3, -0.25) is 0 Å². The summed E-state index contributed by atoms with van der Waals surface area (Å²) in [4.78, 5) is 14.8. The lowest BCUT2D eigenvalue weighted by Gasteiger charge is -2.55. The fraction of sp³-hybridized carbons (Fsp3) is 0.500. The van der Waals surface area contributed by atoms with E-state index in [9.17, 15) is 4.79 Å². The number of rotatable bonds is 6. The molecule has 0 saturated carbocycles. The minimum absolute atomic E-state index is 0.0142. The Morgan fingerprint density at radius 1 is 0.758 bits per heavy atom. The minimum Gasteiger partial charge on any atom is -0.425 e. The Hall–Kier alpha value is -1.51. The largest absolute Gasteiger partial charge is 0.425 e. The topological polar surface area (TPSA) is 54.0 Å². The predicted octanol–water partition coefficient (Wildman–Crippen LogP) is 5.68. The number of carbonyl (C=O) groups excluding carboxylic acids is 1. The molecule has 2 spiro atoms. The molecule has 0 aromatic heterocycles. The maximum atomic E-state index is 12.3. The van der Waals surface area contributed by atoms with Crippen molar-refractivity contribution < 1.29 is 23.7 Å². The smallest absolute Gasteiger partial charge is 0.334 e. The van der Waals surface area contributed by atoms with Gasteiger partial charge in [0.15, 0.2) is 0 Å². The van der Waals surface area contributed by atoms with E-state index in [0.29, 0.717) is 12.8 Å². The van der Waals surface area contributed by atoms with Crippen LogP contribution in [0.1, 0.15) is 38.5 Å². The summed E-state index contributed by atoms with van der Waals surface area (Å²) in [6.45, 7) is -0.0902. The number of ether oxygens (including phenoxy) is 4. The van der Waals surface area contributed by atoms with Crippen LogP contribution >= 0.6 is 23.5 Å². The van der Waals surface area contributed by atoms with E-state index in [4.69, 9.17) is 18.9 Å². The van der Waals surface area contributed by atoms with Crippen LogP contribution in [-0.2, 0) is 23.7 Å². The molecule has 3 heterocycles. The fourth-order valence-corrected chi connectivity index (χ4v) is 6.79. The zero-order valence-electron chi connectivity index (χ0n) is 18.6. The maximum absolute atomic E-state index is 12.3. The zero-order chi connectivity index (χ0) is 22.6. The summed E-state index contributed by atoms with van der Waals surface area (Å²) in [5.41, 5.74) is 0. The van der Waals surface area contributed by atoms with Crippen molar-refractivity contribution in [2.24, 2.45) is 0 Å². The highest BCUT2D eigenvalue weighted by atomic mass is 32.2. The standard InChI is InChI=1S/C26H30O5S2/c27-24-17-28-25(15-7-9-20(29-25)18-32-22-11-3-1-4-12-22)26(31-24)16-8-10-21(30-26)19-33-23-13-5-2-6-14-23/h1-6,11-14,20-21H,7-10,15-19H2/t20-,21-,25+,26-/m1/s1. The van der Waals surface area contributed by atoms with Gasteiger partial charge in [-0.05, 0) is 49.9 Å². The molecule has 7 heteroatoms. The van der Waals surface area contributed by atoms with E-state index in [1.165, 1.54) is 9.79 Å². The molecule has 0 amide bonds. The third-order valence-corrected chi connectivity index (χ3v) is 8.71. The summed E-state index contributed by atoms with van der Waals surface area (Å²) >= 11 is 3.55. The number of thioether (sulfide) groups is 2. The van der Waals surface area contributed by atoms with Crippen LogP contribution in [0.2, 0.25) is 0 Å². The van der Waals surface area contributed by atoms with Crippen LogP contribution in [0.4, 0.5) is 0 Å². The normalized spacial score (nSPS) is 32.1. The van der Waals surface area contributed by atoms with E-state index < -0.39 is 11.6 Å². The van der Waals surface area contributed by atoms with Gasteiger partial charge in [0, 0.05) is 34.1 Å². The first-order chi connectivity index (χ1) is 16.2. The lowest BCUT2D eigenvalue weighted by Crippen LogP contribution is -2.69. The summed E-state index contributed by atoms with van der Waals surface area (Å²) in [6.07, 6.45) is 5.01. The van der Waals surface area contributed by atoms with Crippen LogP contribution in [-0.4, -0.2) is 47.9 Å². The van der Waals surface area contributed by atoms with Crippen molar-refractivity contribution in [3.63, 3.8) is 0 Å². The average molecular weight is 487 g/mol. The molecule has 2 aromatic carbocycles. The lowest BCUT2D eigenvalue weighted by molar-refractivity contribution is -0.446. The summed E-state index contributed by atoms with van der Waals surface area (Å²) in [5.74, 6) is -0.948. The molecule has 5 nitrogen and oxygen atoms in total. The molecule has 2 aromatic rings. The Morgan fingerprint density at radius 2 is 1.27 bits per heavy atom. The van der Waals surface area contributed by atoms with Gasteiger partial charge in [0.25, 0.3) is 5.79 Å². The van der Waals surface area contributed by atoms with E-state index in [0.717, 1.165) is 37.2 Å². The van der Waals surface area contributed by atoms with Crippen molar-refractivity contribution in [1.29, 1.82) is 0 Å². The van der Waals surface area contributed by atoms with E-state index in [2.05, 4.69) is 24.3 Å². The van der Waals surface area contributed by atoms with E-state index >= 15 is 0 Å². The molecular weight excluding hydrogens is 456 g/mol. The van der Waals surface area contributed by atoms with E-state index in [1.54, 1.807) is 23.5 Å². The Balaban J connectivity index is 1.29. The second kappa shape index (κ2) is 10.4. The molecule has 3 saturated heterocycles. The number of benzene rings is 2. The minimum atomic E-state index is -1.17. The number of carbonyl (C=O) groups is 1. The molecule has 0 unspecified atom stereocenters. The first-order valence-corrected chi connectivity index (χ1v) is 13.7. The van der Waals surface area contributed by atoms with Crippen molar-refractivity contribution >= 4 is 29.5 Å². The summed E-state index contributed by atoms with van der Waals surface area (Å²) < 4.78 is 25.4. The third kappa shape index (κ3) is 5.28. The highest BCUT2D eigenvalue weighted by Crippen LogP contribution is 2.49. The van der Waals surface area contributed by atoms with Crippen LogP contribution in [0.3, 0.4) is 0 Å². The first kappa shape index (κ1) is 23.2. The van der Waals surface area contributed by atoms with Gasteiger partial charge in [-0.25, -0.2) is 4.79 Å². The van der Waals surface area contributed by atoms with Crippen molar-refractivity contribution in [2.45, 2.75) is 72.1 Å². The summed E-state index contributed by atoms with van der Waals surface area (Å²) in [7, 11) is 0. The quantitative estimate of drug-likeness (QED) is 0.385. The van der Waals surface area contributed by atoms with Crippen molar-refractivity contribution in [3.05, 3.63) is 60.7 Å². The molecule has 3 aliphatic heterocycles. The van der Waals surface area contributed by atoms with Gasteiger partial charge < -0.3 is 18.9 Å². The van der Waals surface area contributed by atoms with E-state index in [-0.39, 0.29) is 24.8 Å². The molecular formula is C26H30O5S2. The van der Waals surface area contributed by atoms with Gasteiger partial charge in [-0.1, -0.05) is 36.4 Å². The Bertz CT molecular complexity index is 927. The Kier molecular flexibility index (Phi) is 7.33. The molecule has 0 aliphatic carbocycles. The van der Waals surface area contributed by atoms with Crippen molar-refractivity contribution in [1.82, 2.24) is 0 Å². The van der Waals surface area contributed by atoms with Gasteiger partial charge in [0.2, 0.25) is 5.79 Å². The first-order valence-electron chi connectivity index (χ1n) is 11.7. The SMILES string of the molecule is O=C1CO[C@]2(CCC[C@H](CSc3ccccc3)O2)[C@@]2(CCC[C@H](CSc3ccccc3)O2)O1. The molecule has 0 N–H and O–H groups in total. The highest BCUT2D eigenvalue weighted by Gasteiger charge is 2.64. The molecule has 4 atom stereocenters. The van der Waals surface area contributed by atoms with Gasteiger partial charge in [0.05, 0.1) is 12.2 Å². The van der Waals surface area contributed by atoms with Crippen LogP contribution in [0.25, 0.3) is 0 Å².